The lowest BCUT2D eigenvalue weighted by Crippen LogP contribution is -2.47. The van der Waals surface area contributed by atoms with Gasteiger partial charge < -0.3 is 10.1 Å². The Kier molecular flexibility index (Phi) is 6.74. The van der Waals surface area contributed by atoms with Crippen molar-refractivity contribution in [3.8, 4) is 0 Å². The molecular formula is C14H25NO4S. The molecule has 0 bridgehead atoms. The molecule has 0 aliphatic carbocycles. The normalized spacial score (nSPS) is 13.6. The van der Waals surface area contributed by atoms with Crippen molar-refractivity contribution in [2.45, 2.75) is 47.6 Å². The van der Waals surface area contributed by atoms with Crippen molar-refractivity contribution in [3.63, 3.8) is 0 Å². The number of hydrogen-bond acceptors (Lipinski definition) is 5. The summed E-state index contributed by atoms with van der Waals surface area (Å²) in [6, 6.07) is -0.817. The zero-order valence-corrected chi connectivity index (χ0v) is 14.1. The van der Waals surface area contributed by atoms with Crippen molar-refractivity contribution in [1.82, 2.24) is 5.32 Å². The van der Waals surface area contributed by atoms with Crippen molar-refractivity contribution < 1.29 is 19.1 Å². The number of nitrogens with one attached hydrogen (secondary N) is 1. The predicted molar refractivity (Wildman–Crippen MR) is 80.3 cm³/mol. The molecule has 0 spiro atoms. The first-order valence-corrected chi connectivity index (χ1v) is 7.44. The van der Waals surface area contributed by atoms with Gasteiger partial charge in [-0.05, 0) is 0 Å². The van der Waals surface area contributed by atoms with Crippen molar-refractivity contribution in [2.24, 2.45) is 10.8 Å². The third kappa shape index (κ3) is 6.41. The van der Waals surface area contributed by atoms with Gasteiger partial charge in [0.1, 0.15) is 6.04 Å². The molecule has 0 heterocycles. The Balaban J connectivity index is 4.73. The van der Waals surface area contributed by atoms with E-state index in [2.05, 4.69) is 10.1 Å². The van der Waals surface area contributed by atoms with E-state index in [0.717, 1.165) is 11.8 Å². The van der Waals surface area contributed by atoms with Crippen LogP contribution in [0.15, 0.2) is 0 Å². The molecule has 6 heteroatoms. The van der Waals surface area contributed by atoms with Gasteiger partial charge in [0.15, 0.2) is 5.12 Å². The van der Waals surface area contributed by atoms with Gasteiger partial charge in [0.2, 0.25) is 5.91 Å². The van der Waals surface area contributed by atoms with Crippen LogP contribution < -0.4 is 5.32 Å². The fourth-order valence-corrected chi connectivity index (χ4v) is 2.03. The number of carbonyl (C=O) groups excluding carboxylic acids is 3. The van der Waals surface area contributed by atoms with Gasteiger partial charge in [0, 0.05) is 16.6 Å². The van der Waals surface area contributed by atoms with Gasteiger partial charge in [0.25, 0.3) is 0 Å². The van der Waals surface area contributed by atoms with Crippen molar-refractivity contribution >= 4 is 28.8 Å². The topological polar surface area (TPSA) is 72.5 Å². The van der Waals surface area contributed by atoms with Crippen molar-refractivity contribution in [2.75, 3.05) is 12.9 Å². The molecule has 1 N–H and O–H groups in total. The number of carbonyl (C=O) groups is 3. The summed E-state index contributed by atoms with van der Waals surface area (Å²) in [5.74, 6) is -0.626. The smallest absolute Gasteiger partial charge is 0.329 e. The Morgan fingerprint density at radius 1 is 1.05 bits per heavy atom. The number of amides is 1. The molecule has 0 radical (unpaired) electrons. The lowest BCUT2D eigenvalue weighted by atomic mass is 9.95. The highest BCUT2D eigenvalue weighted by atomic mass is 32.2. The number of thioether (sulfide) groups is 1. The summed E-state index contributed by atoms with van der Waals surface area (Å²) < 4.78 is 4.67. The molecule has 0 fully saturated rings. The molecule has 0 saturated carbocycles. The van der Waals surface area contributed by atoms with E-state index in [-0.39, 0.29) is 16.8 Å². The van der Waals surface area contributed by atoms with Gasteiger partial charge in [-0.15, -0.1) is 0 Å². The highest BCUT2D eigenvalue weighted by Crippen LogP contribution is 2.23. The van der Waals surface area contributed by atoms with E-state index in [0.29, 0.717) is 0 Å². The first kappa shape index (κ1) is 19.0. The van der Waals surface area contributed by atoms with Crippen LogP contribution in [0.1, 0.15) is 41.5 Å². The molecule has 0 rings (SSSR count). The number of esters is 1. The van der Waals surface area contributed by atoms with E-state index in [1.54, 1.807) is 20.8 Å². The highest BCUT2D eigenvalue weighted by molar-refractivity contribution is 8.13. The maximum atomic E-state index is 11.9. The molecule has 116 valence electrons. The number of ether oxygens (including phenoxy) is 1. The fourth-order valence-electron chi connectivity index (χ4n) is 1.06. The van der Waals surface area contributed by atoms with Crippen LogP contribution in [0.25, 0.3) is 0 Å². The van der Waals surface area contributed by atoms with E-state index in [1.165, 1.54) is 7.11 Å². The first-order valence-electron chi connectivity index (χ1n) is 6.45. The molecule has 0 aromatic rings. The van der Waals surface area contributed by atoms with Gasteiger partial charge in [0.05, 0.1) is 7.11 Å². The summed E-state index contributed by atoms with van der Waals surface area (Å²) >= 11 is 1.03. The molecule has 5 nitrogen and oxygen atoms in total. The summed E-state index contributed by atoms with van der Waals surface area (Å²) in [5, 5.41) is 2.60. The van der Waals surface area contributed by atoms with Crippen LogP contribution in [-0.4, -0.2) is 35.9 Å². The second-order valence-corrected chi connectivity index (χ2v) is 7.64. The Labute approximate surface area is 125 Å². The standard InChI is InChI=1S/C14H25NO4S/c1-13(2,3)11(17)15-9(10(16)19-7)8-20-12(18)14(4,5)6/h9H,8H2,1-7H3,(H,15,17). The van der Waals surface area contributed by atoms with E-state index < -0.39 is 22.8 Å². The Bertz CT molecular complexity index is 380. The molecule has 1 amide bonds. The van der Waals surface area contributed by atoms with E-state index >= 15 is 0 Å². The molecule has 0 aliphatic rings. The SMILES string of the molecule is COC(=O)C(CSC(=O)C(C)(C)C)NC(=O)C(C)(C)C. The number of methoxy groups -OCH3 is 1. The lowest BCUT2D eigenvalue weighted by molar-refractivity contribution is -0.145. The maximum Gasteiger partial charge on any atom is 0.329 e. The maximum absolute atomic E-state index is 11.9. The summed E-state index contributed by atoms with van der Waals surface area (Å²) in [5.41, 5.74) is -1.09. The number of hydrogen-bond donors (Lipinski definition) is 1. The summed E-state index contributed by atoms with van der Waals surface area (Å²) in [6.07, 6.45) is 0. The van der Waals surface area contributed by atoms with Crippen molar-refractivity contribution in [1.29, 1.82) is 0 Å². The minimum absolute atomic E-state index is 0.0311. The second-order valence-electron chi connectivity index (χ2n) is 6.65. The monoisotopic (exact) mass is 303 g/mol. The van der Waals surface area contributed by atoms with Crippen LogP contribution in [0.3, 0.4) is 0 Å². The molecule has 0 aliphatic heterocycles. The fraction of sp³-hybridized carbons (Fsp3) is 0.786. The minimum atomic E-state index is -0.817. The number of rotatable bonds is 4. The summed E-state index contributed by atoms with van der Waals surface area (Å²) in [4.78, 5) is 35.5. The van der Waals surface area contributed by atoms with Gasteiger partial charge in [-0.2, -0.15) is 0 Å². The van der Waals surface area contributed by atoms with Crippen LogP contribution in [0.5, 0.6) is 0 Å². The summed E-state index contributed by atoms with van der Waals surface area (Å²) in [6.45, 7) is 10.7. The van der Waals surface area contributed by atoms with Gasteiger partial charge in [-0.25, -0.2) is 4.79 Å². The average molecular weight is 303 g/mol. The predicted octanol–water partition coefficient (Wildman–Crippen LogP) is 2.00. The van der Waals surface area contributed by atoms with Gasteiger partial charge in [-0.3, -0.25) is 9.59 Å². The summed E-state index contributed by atoms with van der Waals surface area (Å²) in [7, 11) is 1.26. The first-order chi connectivity index (χ1) is 8.89. The third-order valence-corrected chi connectivity index (χ3v) is 3.84. The Morgan fingerprint density at radius 3 is 1.90 bits per heavy atom. The lowest BCUT2D eigenvalue weighted by Gasteiger charge is -2.23. The van der Waals surface area contributed by atoms with Crippen LogP contribution in [0.2, 0.25) is 0 Å². The van der Waals surface area contributed by atoms with Crippen LogP contribution in [0, 0.1) is 10.8 Å². The van der Waals surface area contributed by atoms with Crippen LogP contribution in [0.4, 0.5) is 0 Å². The van der Waals surface area contributed by atoms with Gasteiger partial charge in [-0.1, -0.05) is 53.3 Å². The molecular weight excluding hydrogens is 278 g/mol. The van der Waals surface area contributed by atoms with Crippen LogP contribution in [-0.2, 0) is 19.1 Å². The van der Waals surface area contributed by atoms with E-state index in [1.807, 2.05) is 20.8 Å². The van der Waals surface area contributed by atoms with E-state index in [4.69, 9.17) is 0 Å². The average Bonchev–Trinajstić information content (AvgIpc) is 2.30. The highest BCUT2D eigenvalue weighted by Gasteiger charge is 2.30. The molecule has 0 saturated heterocycles. The minimum Gasteiger partial charge on any atom is -0.467 e. The second kappa shape index (κ2) is 7.11. The molecule has 20 heavy (non-hydrogen) atoms. The Hall–Kier alpha value is -1.04. The largest absolute Gasteiger partial charge is 0.467 e. The quantitative estimate of drug-likeness (QED) is 0.804. The van der Waals surface area contributed by atoms with E-state index in [9.17, 15) is 14.4 Å². The van der Waals surface area contributed by atoms with Gasteiger partial charge >= 0.3 is 5.97 Å². The van der Waals surface area contributed by atoms with Crippen LogP contribution >= 0.6 is 11.8 Å². The third-order valence-electron chi connectivity index (χ3n) is 2.47. The zero-order valence-electron chi connectivity index (χ0n) is 13.3. The molecule has 0 aromatic carbocycles. The Morgan fingerprint density at radius 2 is 1.55 bits per heavy atom. The van der Waals surface area contributed by atoms with Crippen molar-refractivity contribution in [3.05, 3.63) is 0 Å². The molecule has 1 atom stereocenters. The molecule has 1 unspecified atom stereocenters. The molecule has 0 aromatic heterocycles. The zero-order chi connectivity index (χ0) is 16.1.